The van der Waals surface area contributed by atoms with Crippen LogP contribution in [-0.2, 0) is 0 Å². The number of aromatic nitrogens is 1. The minimum atomic E-state index is -0.940. The molecule has 0 atom stereocenters. The summed E-state index contributed by atoms with van der Waals surface area (Å²) in [5, 5.41) is 8.81. The molecule has 1 heterocycles. The van der Waals surface area contributed by atoms with Gasteiger partial charge in [0.05, 0.1) is 5.56 Å². The van der Waals surface area contributed by atoms with Crippen LogP contribution in [0.1, 0.15) is 23.7 Å². The lowest BCUT2D eigenvalue weighted by Gasteiger charge is -2.22. The average molecular weight is 251 g/mol. The average Bonchev–Trinajstić information content (AvgIpc) is 2.34. The molecule has 5 nitrogen and oxygen atoms in total. The maximum absolute atomic E-state index is 10.7. The van der Waals surface area contributed by atoms with Crippen molar-refractivity contribution in [2.75, 3.05) is 38.6 Å². The minimum Gasteiger partial charge on any atom is -0.478 e. The van der Waals surface area contributed by atoms with E-state index < -0.39 is 5.97 Å². The predicted octanol–water partition coefficient (Wildman–Crippen LogP) is 1.56. The quantitative estimate of drug-likeness (QED) is 0.797. The molecule has 18 heavy (non-hydrogen) atoms. The number of carboxylic acids is 1. The fourth-order valence-electron chi connectivity index (χ4n) is 1.71. The first-order valence-electron chi connectivity index (χ1n) is 6.13. The normalized spacial score (nSPS) is 10.7. The van der Waals surface area contributed by atoms with Crippen molar-refractivity contribution < 1.29 is 9.90 Å². The molecule has 0 aliphatic heterocycles. The van der Waals surface area contributed by atoms with E-state index in [0.717, 1.165) is 31.9 Å². The standard InChI is InChI=1S/C13H21N3O2/c1-4-16(9-5-8-15(2)3)12-7-6-11(10-14-12)13(17)18/h6-7,10H,4-5,8-9H2,1-3H3,(H,17,18). The summed E-state index contributed by atoms with van der Waals surface area (Å²) in [5.74, 6) is -0.106. The number of hydrogen-bond acceptors (Lipinski definition) is 4. The molecule has 0 fully saturated rings. The summed E-state index contributed by atoms with van der Waals surface area (Å²) in [6, 6.07) is 3.36. The molecule has 1 aromatic rings. The van der Waals surface area contributed by atoms with Gasteiger partial charge in [-0.05, 0) is 46.1 Å². The van der Waals surface area contributed by atoms with Crippen LogP contribution in [0.15, 0.2) is 18.3 Å². The fourth-order valence-corrected chi connectivity index (χ4v) is 1.71. The predicted molar refractivity (Wildman–Crippen MR) is 72.3 cm³/mol. The third kappa shape index (κ3) is 4.33. The van der Waals surface area contributed by atoms with Crippen molar-refractivity contribution in [3.63, 3.8) is 0 Å². The van der Waals surface area contributed by atoms with E-state index in [2.05, 4.69) is 35.8 Å². The van der Waals surface area contributed by atoms with Gasteiger partial charge in [0, 0.05) is 19.3 Å². The van der Waals surface area contributed by atoms with Gasteiger partial charge < -0.3 is 14.9 Å². The Balaban J connectivity index is 2.61. The van der Waals surface area contributed by atoms with Crippen molar-refractivity contribution in [3.05, 3.63) is 23.9 Å². The minimum absolute atomic E-state index is 0.225. The van der Waals surface area contributed by atoms with E-state index >= 15 is 0 Å². The Hall–Kier alpha value is -1.62. The van der Waals surface area contributed by atoms with Gasteiger partial charge in [0.2, 0.25) is 0 Å². The maximum atomic E-state index is 10.7. The first kappa shape index (κ1) is 14.4. The zero-order valence-electron chi connectivity index (χ0n) is 11.3. The van der Waals surface area contributed by atoms with Crippen LogP contribution in [0.4, 0.5) is 5.82 Å². The van der Waals surface area contributed by atoms with E-state index in [0.29, 0.717) is 0 Å². The van der Waals surface area contributed by atoms with E-state index in [1.54, 1.807) is 12.1 Å². The molecule has 0 aromatic carbocycles. The van der Waals surface area contributed by atoms with Gasteiger partial charge >= 0.3 is 5.97 Å². The molecule has 0 spiro atoms. The van der Waals surface area contributed by atoms with Crippen LogP contribution in [0.25, 0.3) is 0 Å². The highest BCUT2D eigenvalue weighted by Crippen LogP contribution is 2.11. The van der Waals surface area contributed by atoms with Gasteiger partial charge in [-0.25, -0.2) is 9.78 Å². The summed E-state index contributed by atoms with van der Waals surface area (Å²) >= 11 is 0. The molecule has 0 aliphatic carbocycles. The Kier molecular flexibility index (Phi) is 5.58. The fraction of sp³-hybridized carbons (Fsp3) is 0.538. The van der Waals surface area contributed by atoms with Gasteiger partial charge in [-0.2, -0.15) is 0 Å². The zero-order chi connectivity index (χ0) is 13.5. The molecule has 0 saturated carbocycles. The smallest absolute Gasteiger partial charge is 0.337 e. The number of carbonyl (C=O) groups is 1. The maximum Gasteiger partial charge on any atom is 0.337 e. The summed E-state index contributed by atoms with van der Waals surface area (Å²) in [4.78, 5) is 19.2. The number of carboxylic acid groups (broad SMARTS) is 1. The van der Waals surface area contributed by atoms with Crippen LogP contribution in [0, 0.1) is 0 Å². The van der Waals surface area contributed by atoms with Crippen LogP contribution < -0.4 is 4.90 Å². The van der Waals surface area contributed by atoms with E-state index in [9.17, 15) is 4.79 Å². The lowest BCUT2D eigenvalue weighted by Crippen LogP contribution is -2.27. The number of nitrogens with zero attached hydrogens (tertiary/aromatic N) is 3. The second-order valence-corrected chi connectivity index (χ2v) is 4.45. The highest BCUT2D eigenvalue weighted by molar-refractivity contribution is 5.87. The third-order valence-electron chi connectivity index (χ3n) is 2.73. The Labute approximate surface area is 108 Å². The third-order valence-corrected chi connectivity index (χ3v) is 2.73. The second kappa shape index (κ2) is 6.96. The molecule has 1 aromatic heterocycles. The van der Waals surface area contributed by atoms with Gasteiger partial charge in [-0.3, -0.25) is 0 Å². The SMILES string of the molecule is CCN(CCCN(C)C)c1ccc(C(=O)O)cn1. The second-order valence-electron chi connectivity index (χ2n) is 4.45. The number of pyridine rings is 1. The number of hydrogen-bond donors (Lipinski definition) is 1. The van der Waals surface area contributed by atoms with E-state index in [1.165, 1.54) is 6.20 Å². The van der Waals surface area contributed by atoms with E-state index in [1.807, 2.05) is 0 Å². The monoisotopic (exact) mass is 251 g/mol. The Morgan fingerprint density at radius 2 is 2.06 bits per heavy atom. The largest absolute Gasteiger partial charge is 0.478 e. The van der Waals surface area contributed by atoms with E-state index in [-0.39, 0.29) is 5.56 Å². The van der Waals surface area contributed by atoms with Gasteiger partial charge in [0.1, 0.15) is 5.82 Å². The molecular formula is C13H21N3O2. The lowest BCUT2D eigenvalue weighted by atomic mass is 10.2. The molecule has 0 unspecified atom stereocenters. The molecule has 0 aliphatic rings. The number of rotatable bonds is 7. The lowest BCUT2D eigenvalue weighted by molar-refractivity contribution is 0.0696. The van der Waals surface area contributed by atoms with Crippen molar-refractivity contribution in [1.82, 2.24) is 9.88 Å². The van der Waals surface area contributed by atoms with Crippen molar-refractivity contribution in [3.8, 4) is 0 Å². The molecule has 0 bridgehead atoms. The molecule has 100 valence electrons. The first-order chi connectivity index (χ1) is 8.54. The summed E-state index contributed by atoms with van der Waals surface area (Å²) < 4.78 is 0. The Bertz CT molecular complexity index is 376. The van der Waals surface area contributed by atoms with Gasteiger partial charge in [0.25, 0.3) is 0 Å². The molecule has 5 heteroatoms. The summed E-state index contributed by atoms with van der Waals surface area (Å²) in [7, 11) is 4.10. The van der Waals surface area contributed by atoms with Gasteiger partial charge in [-0.15, -0.1) is 0 Å². The van der Waals surface area contributed by atoms with Crippen molar-refractivity contribution in [2.45, 2.75) is 13.3 Å². The molecule has 1 N–H and O–H groups in total. The zero-order valence-corrected chi connectivity index (χ0v) is 11.3. The van der Waals surface area contributed by atoms with Gasteiger partial charge in [-0.1, -0.05) is 0 Å². The van der Waals surface area contributed by atoms with Crippen LogP contribution in [0.2, 0.25) is 0 Å². The summed E-state index contributed by atoms with van der Waals surface area (Å²) in [6.45, 7) is 4.90. The van der Waals surface area contributed by atoms with Crippen molar-refractivity contribution in [1.29, 1.82) is 0 Å². The Morgan fingerprint density at radius 3 is 2.50 bits per heavy atom. The van der Waals surface area contributed by atoms with Crippen LogP contribution in [0.3, 0.4) is 0 Å². The van der Waals surface area contributed by atoms with Crippen LogP contribution in [0.5, 0.6) is 0 Å². The molecule has 0 saturated heterocycles. The van der Waals surface area contributed by atoms with E-state index in [4.69, 9.17) is 5.11 Å². The molecule has 0 radical (unpaired) electrons. The van der Waals surface area contributed by atoms with Gasteiger partial charge in [0.15, 0.2) is 0 Å². The van der Waals surface area contributed by atoms with Crippen molar-refractivity contribution >= 4 is 11.8 Å². The summed E-state index contributed by atoms with van der Waals surface area (Å²) in [5.41, 5.74) is 0.225. The molecule has 0 amide bonds. The summed E-state index contributed by atoms with van der Waals surface area (Å²) in [6.07, 6.45) is 2.47. The van der Waals surface area contributed by atoms with Crippen molar-refractivity contribution in [2.24, 2.45) is 0 Å². The number of aromatic carboxylic acids is 1. The first-order valence-corrected chi connectivity index (χ1v) is 6.13. The highest BCUT2D eigenvalue weighted by Gasteiger charge is 2.08. The number of anilines is 1. The Morgan fingerprint density at radius 1 is 1.33 bits per heavy atom. The molecular weight excluding hydrogens is 230 g/mol. The highest BCUT2D eigenvalue weighted by atomic mass is 16.4. The van der Waals surface area contributed by atoms with Crippen LogP contribution >= 0.6 is 0 Å². The topological polar surface area (TPSA) is 56.7 Å². The molecule has 1 rings (SSSR count). The van der Waals surface area contributed by atoms with Crippen LogP contribution in [-0.4, -0.2) is 54.7 Å².